The van der Waals surface area contributed by atoms with E-state index in [0.717, 1.165) is 26.4 Å². The average molecular weight is 427 g/mol. The first-order valence-corrected chi connectivity index (χ1v) is 7.01. The van der Waals surface area contributed by atoms with Gasteiger partial charge in [-0.2, -0.15) is 13.2 Å². The van der Waals surface area contributed by atoms with Gasteiger partial charge in [-0.15, -0.1) is 0 Å². The molecule has 0 aliphatic carbocycles. The summed E-state index contributed by atoms with van der Waals surface area (Å²) in [6.45, 7) is 0. The number of benzene rings is 1. The summed E-state index contributed by atoms with van der Waals surface area (Å²) < 4.78 is 48.0. The van der Waals surface area contributed by atoms with E-state index in [2.05, 4.69) is 25.4 Å². The quantitative estimate of drug-likeness (QED) is 0.333. The smallest absolute Gasteiger partial charge is 0.419 e. The lowest BCUT2D eigenvalue weighted by Gasteiger charge is -2.17. The lowest BCUT2D eigenvalue weighted by Crippen LogP contribution is -2.19. The number of nitrogens with zero attached hydrogens (tertiary/aromatic N) is 1. The van der Waals surface area contributed by atoms with E-state index < -0.39 is 50.1 Å². The van der Waals surface area contributed by atoms with Gasteiger partial charge in [0.15, 0.2) is 0 Å². The minimum Gasteiger partial charge on any atom is -0.466 e. The van der Waals surface area contributed by atoms with E-state index in [4.69, 9.17) is 0 Å². The Morgan fingerprint density at radius 3 is 2.32 bits per heavy atom. The molecule has 0 saturated heterocycles. The van der Waals surface area contributed by atoms with Gasteiger partial charge >= 0.3 is 18.1 Å². The molecule has 0 amide bonds. The number of nitrogens with one attached hydrogen (secondary N) is 1. The van der Waals surface area contributed by atoms with Crippen molar-refractivity contribution in [2.24, 2.45) is 0 Å². The molecule has 0 bridgehead atoms. The van der Waals surface area contributed by atoms with Crippen molar-refractivity contribution < 1.29 is 37.2 Å². The molecule has 0 aromatic heterocycles. The summed E-state index contributed by atoms with van der Waals surface area (Å²) in [5, 5.41) is 13.0. The number of methoxy groups -OCH3 is 2. The molecule has 1 rings (SSSR count). The van der Waals surface area contributed by atoms with Crippen LogP contribution in [0.3, 0.4) is 0 Å². The van der Waals surface area contributed by atoms with Gasteiger partial charge in [-0.05, 0) is 6.07 Å². The van der Waals surface area contributed by atoms with Crippen LogP contribution in [0.25, 0.3) is 0 Å². The fourth-order valence-electron chi connectivity index (χ4n) is 1.69. The first kappa shape index (κ1) is 20.4. The molecular formula is C13H10BrF3N2O6. The summed E-state index contributed by atoms with van der Waals surface area (Å²) in [5.74, 6) is -2.31. The van der Waals surface area contributed by atoms with Crippen LogP contribution in [0.4, 0.5) is 24.5 Å². The number of esters is 2. The molecule has 0 heterocycles. The molecule has 0 aliphatic heterocycles. The molecule has 0 atom stereocenters. The van der Waals surface area contributed by atoms with Crippen LogP contribution >= 0.6 is 15.9 Å². The molecular weight excluding hydrogens is 417 g/mol. The molecule has 0 radical (unpaired) electrons. The molecule has 136 valence electrons. The third-order valence-corrected chi connectivity index (χ3v) is 3.40. The van der Waals surface area contributed by atoms with Crippen molar-refractivity contribution in [3.05, 3.63) is 44.1 Å². The number of carbonyl (C=O) groups is 2. The van der Waals surface area contributed by atoms with E-state index >= 15 is 0 Å². The Bertz CT molecular complexity index is 748. The van der Waals surface area contributed by atoms with Crippen molar-refractivity contribution in [3.8, 4) is 0 Å². The number of carbonyl (C=O) groups excluding carboxylic acids is 2. The molecule has 0 fully saturated rings. The Balaban J connectivity index is 3.65. The molecule has 8 nitrogen and oxygen atoms in total. The lowest BCUT2D eigenvalue weighted by atomic mass is 10.1. The predicted octanol–water partition coefficient (Wildman–Crippen LogP) is 3.02. The Hall–Kier alpha value is -2.63. The van der Waals surface area contributed by atoms with Crippen molar-refractivity contribution in [2.45, 2.75) is 6.18 Å². The zero-order valence-electron chi connectivity index (χ0n) is 12.6. The maximum Gasteiger partial charge on any atom is 0.419 e. The monoisotopic (exact) mass is 426 g/mol. The maximum atomic E-state index is 13.3. The summed E-state index contributed by atoms with van der Waals surface area (Å²) in [6, 6.07) is 1.64. The van der Waals surface area contributed by atoms with Gasteiger partial charge in [0.05, 0.1) is 25.2 Å². The van der Waals surface area contributed by atoms with E-state index in [-0.39, 0.29) is 0 Å². The highest BCUT2D eigenvalue weighted by Crippen LogP contribution is 2.44. The van der Waals surface area contributed by atoms with Crippen LogP contribution in [0, 0.1) is 10.1 Å². The number of nitro groups is 1. The van der Waals surface area contributed by atoms with Crippen LogP contribution in [0.1, 0.15) is 5.56 Å². The van der Waals surface area contributed by atoms with Crippen molar-refractivity contribution in [1.82, 2.24) is 0 Å². The molecule has 1 aromatic carbocycles. The first-order chi connectivity index (χ1) is 11.5. The summed E-state index contributed by atoms with van der Waals surface area (Å²) in [7, 11) is 1.88. The Kier molecular flexibility index (Phi) is 6.50. The lowest BCUT2D eigenvalue weighted by molar-refractivity contribution is -0.384. The summed E-state index contributed by atoms with van der Waals surface area (Å²) in [6.07, 6.45) is -4.49. The maximum absolute atomic E-state index is 13.3. The highest BCUT2D eigenvalue weighted by atomic mass is 79.9. The Morgan fingerprint density at radius 2 is 1.88 bits per heavy atom. The van der Waals surface area contributed by atoms with E-state index in [1.54, 1.807) is 0 Å². The molecule has 1 aromatic rings. The highest BCUT2D eigenvalue weighted by molar-refractivity contribution is 9.10. The zero-order chi connectivity index (χ0) is 19.4. The zero-order valence-corrected chi connectivity index (χ0v) is 14.2. The second-order valence-electron chi connectivity index (χ2n) is 4.27. The SMILES string of the molecule is COC(=O)/C=C(/Nc1c([N+](=O)[O-])ccc(Br)c1C(F)(F)F)C(=O)OC. The third kappa shape index (κ3) is 4.92. The molecule has 0 aliphatic rings. The largest absolute Gasteiger partial charge is 0.466 e. The van der Waals surface area contributed by atoms with E-state index in [1.807, 2.05) is 5.32 Å². The van der Waals surface area contributed by atoms with Crippen molar-refractivity contribution >= 4 is 39.2 Å². The number of alkyl halides is 3. The van der Waals surface area contributed by atoms with Crippen LogP contribution in [0.2, 0.25) is 0 Å². The van der Waals surface area contributed by atoms with E-state index in [0.29, 0.717) is 6.08 Å². The minimum atomic E-state index is -5.00. The standard InChI is InChI=1S/C13H10BrF3N2O6/c1-24-9(20)5-7(12(21)25-2)18-11-8(19(22)23)4-3-6(14)10(11)13(15,16)17/h3-5,18H,1-2H3/b7-5+. The van der Waals surface area contributed by atoms with Gasteiger partial charge in [0, 0.05) is 10.5 Å². The van der Waals surface area contributed by atoms with Crippen LogP contribution in [-0.4, -0.2) is 31.1 Å². The third-order valence-electron chi connectivity index (χ3n) is 2.74. The van der Waals surface area contributed by atoms with Crippen molar-refractivity contribution in [1.29, 1.82) is 0 Å². The number of hydrogen-bond acceptors (Lipinski definition) is 7. The molecule has 25 heavy (non-hydrogen) atoms. The molecule has 0 saturated carbocycles. The van der Waals surface area contributed by atoms with E-state index in [9.17, 15) is 32.9 Å². The number of anilines is 1. The fourth-order valence-corrected chi connectivity index (χ4v) is 2.24. The predicted molar refractivity (Wildman–Crippen MR) is 81.5 cm³/mol. The van der Waals surface area contributed by atoms with Crippen LogP contribution in [0.15, 0.2) is 28.4 Å². The van der Waals surface area contributed by atoms with Gasteiger partial charge in [-0.1, -0.05) is 15.9 Å². The number of ether oxygens (including phenoxy) is 2. The van der Waals surface area contributed by atoms with Crippen molar-refractivity contribution in [2.75, 3.05) is 19.5 Å². The Morgan fingerprint density at radius 1 is 1.28 bits per heavy atom. The second kappa shape index (κ2) is 7.96. The van der Waals surface area contributed by atoms with Gasteiger partial charge in [0.2, 0.25) is 0 Å². The number of hydrogen-bond donors (Lipinski definition) is 1. The fraction of sp³-hybridized carbons (Fsp3) is 0.231. The van der Waals surface area contributed by atoms with Crippen LogP contribution in [-0.2, 0) is 25.2 Å². The summed E-state index contributed by atoms with van der Waals surface area (Å²) >= 11 is 2.66. The number of rotatable bonds is 5. The first-order valence-electron chi connectivity index (χ1n) is 6.22. The van der Waals surface area contributed by atoms with Gasteiger partial charge < -0.3 is 14.8 Å². The average Bonchev–Trinajstić information content (AvgIpc) is 2.51. The normalized spacial score (nSPS) is 11.7. The van der Waals surface area contributed by atoms with Crippen LogP contribution in [0.5, 0.6) is 0 Å². The van der Waals surface area contributed by atoms with Crippen molar-refractivity contribution in [3.63, 3.8) is 0 Å². The van der Waals surface area contributed by atoms with Crippen LogP contribution < -0.4 is 5.32 Å². The topological polar surface area (TPSA) is 108 Å². The molecule has 12 heteroatoms. The second-order valence-corrected chi connectivity index (χ2v) is 5.12. The molecule has 0 unspecified atom stereocenters. The molecule has 1 N–H and O–H groups in total. The Labute approximate surface area is 146 Å². The van der Waals surface area contributed by atoms with Gasteiger partial charge in [-0.3, -0.25) is 10.1 Å². The van der Waals surface area contributed by atoms with Gasteiger partial charge in [0.1, 0.15) is 16.9 Å². The van der Waals surface area contributed by atoms with E-state index in [1.165, 1.54) is 0 Å². The molecule has 0 spiro atoms. The number of halogens is 4. The summed E-state index contributed by atoms with van der Waals surface area (Å²) in [5.41, 5.74) is -4.20. The van der Waals surface area contributed by atoms with Gasteiger partial charge in [-0.25, -0.2) is 9.59 Å². The number of nitro benzene ring substituents is 1. The minimum absolute atomic E-state index is 0.504. The summed E-state index contributed by atoms with van der Waals surface area (Å²) in [4.78, 5) is 33.0. The highest BCUT2D eigenvalue weighted by Gasteiger charge is 2.40. The van der Waals surface area contributed by atoms with Gasteiger partial charge in [0.25, 0.3) is 5.69 Å².